The van der Waals surface area contributed by atoms with E-state index in [9.17, 15) is 5.11 Å². The number of aromatic nitrogens is 3. The highest BCUT2D eigenvalue weighted by Gasteiger charge is 2.14. The number of nitrogens with zero attached hydrogens (tertiary/aromatic N) is 3. The Labute approximate surface area is 127 Å². The fourth-order valence-corrected chi connectivity index (χ4v) is 2.13. The van der Waals surface area contributed by atoms with Crippen LogP contribution in [0.2, 0.25) is 0 Å². The molecule has 0 amide bonds. The number of benzene rings is 1. The molecule has 112 valence electrons. The minimum Gasteiger partial charge on any atom is -0.506 e. The Bertz CT molecular complexity index is 813. The zero-order valence-electron chi connectivity index (χ0n) is 12.6. The van der Waals surface area contributed by atoms with Crippen LogP contribution in [0, 0.1) is 20.8 Å². The molecular weight excluding hydrogens is 280 g/mol. The van der Waals surface area contributed by atoms with Crippen LogP contribution in [0.1, 0.15) is 16.8 Å². The molecule has 0 bridgehead atoms. The maximum absolute atomic E-state index is 9.89. The van der Waals surface area contributed by atoms with Gasteiger partial charge in [-0.05, 0) is 44.0 Å². The summed E-state index contributed by atoms with van der Waals surface area (Å²) in [7, 11) is 0. The zero-order chi connectivity index (χ0) is 15.7. The average Bonchev–Trinajstić information content (AvgIpc) is 3.00. The Morgan fingerprint density at radius 1 is 1.00 bits per heavy atom. The molecule has 0 saturated carbocycles. The summed E-state index contributed by atoms with van der Waals surface area (Å²) in [6, 6.07) is 9.80. The molecule has 0 aliphatic rings. The van der Waals surface area contributed by atoms with Gasteiger partial charge in [-0.2, -0.15) is 0 Å². The molecule has 0 aliphatic heterocycles. The third kappa shape index (κ3) is 2.50. The van der Waals surface area contributed by atoms with Crippen LogP contribution in [0.3, 0.4) is 0 Å². The zero-order valence-corrected chi connectivity index (χ0v) is 12.6. The monoisotopic (exact) mass is 296 g/mol. The lowest BCUT2D eigenvalue weighted by Crippen LogP contribution is -2.01. The lowest BCUT2D eigenvalue weighted by atomic mass is 10.1. The van der Waals surface area contributed by atoms with E-state index in [0.717, 1.165) is 16.7 Å². The van der Waals surface area contributed by atoms with Gasteiger partial charge in [0.25, 0.3) is 0 Å². The molecule has 0 aliphatic carbocycles. The molecule has 6 nitrogen and oxygen atoms in total. The van der Waals surface area contributed by atoms with Crippen molar-refractivity contribution in [3.63, 3.8) is 0 Å². The second-order valence-corrected chi connectivity index (χ2v) is 5.05. The normalized spacial score (nSPS) is 10.7. The summed E-state index contributed by atoms with van der Waals surface area (Å²) in [5, 5.41) is 20.9. The maximum Gasteiger partial charge on any atom is 0.321 e. The van der Waals surface area contributed by atoms with Gasteiger partial charge in [0, 0.05) is 5.56 Å². The molecule has 3 aromatic rings. The molecule has 6 heteroatoms. The smallest absolute Gasteiger partial charge is 0.321 e. The van der Waals surface area contributed by atoms with Gasteiger partial charge < -0.3 is 9.52 Å². The fourth-order valence-electron chi connectivity index (χ4n) is 2.13. The lowest BCUT2D eigenvalue weighted by Gasteiger charge is -2.11. The van der Waals surface area contributed by atoms with Gasteiger partial charge >= 0.3 is 6.01 Å². The Hall–Kier alpha value is -2.89. The third-order valence-electron chi connectivity index (χ3n) is 3.57. The quantitative estimate of drug-likeness (QED) is 0.769. The van der Waals surface area contributed by atoms with E-state index in [1.807, 2.05) is 44.2 Å². The average molecular weight is 296 g/mol. The predicted octanol–water partition coefficient (Wildman–Crippen LogP) is 3.51. The largest absolute Gasteiger partial charge is 0.506 e. The number of anilines is 2. The summed E-state index contributed by atoms with van der Waals surface area (Å²) >= 11 is 0. The standard InChI is InChI=1S/C16H16N4O2/c1-9-10(2)14(17-11(3)13(9)21)18-16-20-19-15(22-16)12-7-5-4-6-8-12/h4-8,21H,1-3H3,(H,17,18,20). The summed E-state index contributed by atoms with van der Waals surface area (Å²) in [4.78, 5) is 4.32. The van der Waals surface area contributed by atoms with Crippen LogP contribution in [0.4, 0.5) is 11.8 Å². The highest BCUT2D eigenvalue weighted by atomic mass is 16.4. The van der Waals surface area contributed by atoms with Gasteiger partial charge in [-0.25, -0.2) is 4.98 Å². The summed E-state index contributed by atoms with van der Waals surface area (Å²) in [6.45, 7) is 5.46. The second kappa shape index (κ2) is 5.48. The van der Waals surface area contributed by atoms with E-state index >= 15 is 0 Å². The van der Waals surface area contributed by atoms with Gasteiger partial charge in [0.2, 0.25) is 5.89 Å². The summed E-state index contributed by atoms with van der Waals surface area (Å²) in [5.74, 6) is 1.24. The maximum atomic E-state index is 9.89. The highest BCUT2D eigenvalue weighted by molar-refractivity contribution is 5.59. The van der Waals surface area contributed by atoms with Gasteiger partial charge in [0.05, 0.1) is 5.69 Å². The molecule has 2 heterocycles. The molecule has 1 aromatic carbocycles. The number of aryl methyl sites for hydroxylation is 1. The number of hydrogen-bond donors (Lipinski definition) is 2. The van der Waals surface area contributed by atoms with Crippen LogP contribution in [-0.2, 0) is 0 Å². The highest BCUT2D eigenvalue weighted by Crippen LogP contribution is 2.29. The first kappa shape index (κ1) is 14.1. The number of nitrogens with one attached hydrogen (secondary N) is 1. The minimum atomic E-state index is 0.207. The molecular formula is C16H16N4O2. The van der Waals surface area contributed by atoms with E-state index in [2.05, 4.69) is 20.5 Å². The first-order valence-corrected chi connectivity index (χ1v) is 6.89. The molecule has 0 fully saturated rings. The van der Waals surface area contributed by atoms with E-state index < -0.39 is 0 Å². The first-order chi connectivity index (χ1) is 10.6. The molecule has 0 atom stereocenters. The van der Waals surface area contributed by atoms with Gasteiger partial charge in [-0.1, -0.05) is 23.3 Å². The molecule has 2 aromatic heterocycles. The van der Waals surface area contributed by atoms with E-state index in [4.69, 9.17) is 4.42 Å². The Morgan fingerprint density at radius 2 is 1.73 bits per heavy atom. The van der Waals surface area contributed by atoms with Gasteiger partial charge in [0.1, 0.15) is 11.6 Å². The molecule has 2 N–H and O–H groups in total. The van der Waals surface area contributed by atoms with Crippen LogP contribution in [-0.4, -0.2) is 20.3 Å². The van der Waals surface area contributed by atoms with Crippen molar-refractivity contribution in [2.24, 2.45) is 0 Å². The van der Waals surface area contributed by atoms with Crippen LogP contribution in [0.5, 0.6) is 5.75 Å². The van der Waals surface area contributed by atoms with E-state index in [0.29, 0.717) is 17.4 Å². The first-order valence-electron chi connectivity index (χ1n) is 6.89. The number of hydrogen-bond acceptors (Lipinski definition) is 6. The Kier molecular flexibility index (Phi) is 3.50. The molecule has 0 unspecified atom stereocenters. The molecule has 0 saturated heterocycles. The number of rotatable bonds is 3. The van der Waals surface area contributed by atoms with Crippen molar-refractivity contribution in [1.29, 1.82) is 0 Å². The van der Waals surface area contributed by atoms with Gasteiger partial charge in [-0.15, -0.1) is 5.10 Å². The van der Waals surface area contributed by atoms with Crippen LogP contribution in [0.15, 0.2) is 34.7 Å². The topological polar surface area (TPSA) is 84.1 Å². The fraction of sp³-hybridized carbons (Fsp3) is 0.188. The summed E-state index contributed by atoms with van der Waals surface area (Å²) in [6.07, 6.45) is 0. The van der Waals surface area contributed by atoms with Crippen molar-refractivity contribution in [3.8, 4) is 17.2 Å². The number of aromatic hydroxyl groups is 1. The Balaban J connectivity index is 1.91. The van der Waals surface area contributed by atoms with E-state index in [1.165, 1.54) is 0 Å². The van der Waals surface area contributed by atoms with Crippen molar-refractivity contribution < 1.29 is 9.52 Å². The van der Waals surface area contributed by atoms with Crippen LogP contribution in [0.25, 0.3) is 11.5 Å². The van der Waals surface area contributed by atoms with Crippen LogP contribution < -0.4 is 5.32 Å². The van der Waals surface area contributed by atoms with Crippen molar-refractivity contribution in [2.45, 2.75) is 20.8 Å². The molecule has 3 rings (SSSR count). The lowest BCUT2D eigenvalue weighted by molar-refractivity contribution is 0.463. The summed E-state index contributed by atoms with van der Waals surface area (Å²) in [5.41, 5.74) is 3.01. The Morgan fingerprint density at radius 3 is 2.45 bits per heavy atom. The molecule has 22 heavy (non-hydrogen) atoms. The second-order valence-electron chi connectivity index (χ2n) is 5.05. The SMILES string of the molecule is Cc1nc(Nc2nnc(-c3ccccc3)o2)c(C)c(C)c1O. The van der Waals surface area contributed by atoms with Crippen LogP contribution >= 0.6 is 0 Å². The predicted molar refractivity (Wildman–Crippen MR) is 83.1 cm³/mol. The third-order valence-corrected chi connectivity index (χ3v) is 3.57. The van der Waals surface area contributed by atoms with Gasteiger partial charge in [-0.3, -0.25) is 5.32 Å². The van der Waals surface area contributed by atoms with E-state index in [-0.39, 0.29) is 11.8 Å². The number of pyridine rings is 1. The summed E-state index contributed by atoms with van der Waals surface area (Å²) < 4.78 is 5.60. The van der Waals surface area contributed by atoms with Crippen molar-refractivity contribution in [2.75, 3.05) is 5.32 Å². The molecule has 0 spiro atoms. The van der Waals surface area contributed by atoms with Crippen molar-refractivity contribution in [1.82, 2.24) is 15.2 Å². The van der Waals surface area contributed by atoms with Crippen molar-refractivity contribution >= 4 is 11.8 Å². The van der Waals surface area contributed by atoms with Crippen molar-refractivity contribution in [3.05, 3.63) is 47.2 Å². The van der Waals surface area contributed by atoms with E-state index in [1.54, 1.807) is 6.92 Å². The molecule has 0 radical (unpaired) electrons. The van der Waals surface area contributed by atoms with Gasteiger partial charge in [0.15, 0.2) is 0 Å². The minimum absolute atomic E-state index is 0.207.